The third-order valence-corrected chi connectivity index (χ3v) is 5.17. The van der Waals surface area contributed by atoms with Crippen LogP contribution in [0.15, 0.2) is 54.6 Å². The Bertz CT molecular complexity index is 1050. The van der Waals surface area contributed by atoms with Gasteiger partial charge in [-0.05, 0) is 24.1 Å². The molecule has 1 amide bonds. The number of fused-ring (bicyclic) bond motifs is 1. The first-order valence-electron chi connectivity index (χ1n) is 8.88. The number of aryl methyl sites for hydroxylation is 1. The highest BCUT2D eigenvalue weighted by Crippen LogP contribution is 2.26. The Morgan fingerprint density at radius 3 is 2.59 bits per heavy atom. The van der Waals surface area contributed by atoms with Crippen molar-refractivity contribution in [2.24, 2.45) is 0 Å². The summed E-state index contributed by atoms with van der Waals surface area (Å²) in [5.74, 6) is 0.826. The lowest BCUT2D eigenvalue weighted by atomic mass is 10.1. The topological polar surface area (TPSA) is 72.2 Å². The summed E-state index contributed by atoms with van der Waals surface area (Å²) in [5, 5.41) is 16.9. The molecule has 0 spiro atoms. The summed E-state index contributed by atoms with van der Waals surface area (Å²) in [6, 6.07) is 17.3. The van der Waals surface area contributed by atoms with Crippen LogP contribution in [0.3, 0.4) is 0 Å². The second kappa shape index (κ2) is 7.67. The number of carbonyl (C=O) groups is 1. The molecule has 0 saturated carbocycles. The highest BCUT2D eigenvalue weighted by atomic mass is 32.1. The van der Waals surface area contributed by atoms with E-state index in [0.29, 0.717) is 12.1 Å². The van der Waals surface area contributed by atoms with Crippen molar-refractivity contribution in [2.75, 3.05) is 0 Å². The van der Waals surface area contributed by atoms with E-state index < -0.39 is 0 Å². The van der Waals surface area contributed by atoms with Gasteiger partial charge in [0.25, 0.3) is 5.91 Å². The second-order valence-corrected chi connectivity index (χ2v) is 7.17. The zero-order chi connectivity index (χ0) is 18.6. The Morgan fingerprint density at radius 1 is 1.07 bits per heavy atom. The largest absolute Gasteiger partial charge is 0.348 e. The van der Waals surface area contributed by atoms with Crippen LogP contribution in [0.1, 0.15) is 35.1 Å². The number of nitrogens with zero attached hydrogens (tertiary/aromatic N) is 4. The van der Waals surface area contributed by atoms with E-state index >= 15 is 0 Å². The van der Waals surface area contributed by atoms with Crippen molar-refractivity contribution in [3.8, 4) is 10.6 Å². The van der Waals surface area contributed by atoms with E-state index in [2.05, 4.69) is 27.5 Å². The standard InChI is InChI=1S/C20H19N5OS/c1-2-6-17-22-23-20-25(17)24-19(27-20)16-11-9-14(10-12-16)13-21-18(26)15-7-4-3-5-8-15/h3-5,7-12H,2,6,13H2,1H3,(H,21,26). The van der Waals surface area contributed by atoms with Gasteiger partial charge in [0.2, 0.25) is 4.96 Å². The summed E-state index contributed by atoms with van der Waals surface area (Å²) in [6.45, 7) is 2.60. The Hall–Kier alpha value is -3.06. The number of hydrogen-bond acceptors (Lipinski definition) is 5. The SMILES string of the molecule is CCCc1nnc2sc(-c3ccc(CNC(=O)c4ccccc4)cc3)nn12. The van der Waals surface area contributed by atoms with E-state index in [1.165, 1.54) is 11.3 Å². The number of rotatable bonds is 6. The summed E-state index contributed by atoms with van der Waals surface area (Å²) < 4.78 is 1.83. The van der Waals surface area contributed by atoms with Gasteiger partial charge in [0.1, 0.15) is 5.01 Å². The lowest BCUT2D eigenvalue weighted by Gasteiger charge is -2.06. The lowest BCUT2D eigenvalue weighted by Crippen LogP contribution is -2.22. The van der Waals surface area contributed by atoms with Gasteiger partial charge in [-0.2, -0.15) is 9.61 Å². The summed E-state index contributed by atoms with van der Waals surface area (Å²) in [5.41, 5.74) is 2.74. The van der Waals surface area contributed by atoms with Crippen LogP contribution >= 0.6 is 11.3 Å². The quantitative estimate of drug-likeness (QED) is 0.556. The van der Waals surface area contributed by atoms with E-state index in [4.69, 9.17) is 0 Å². The molecule has 0 bridgehead atoms. The number of benzene rings is 2. The van der Waals surface area contributed by atoms with Gasteiger partial charge in [-0.15, -0.1) is 10.2 Å². The fraction of sp³-hybridized carbons (Fsp3) is 0.200. The molecule has 6 nitrogen and oxygen atoms in total. The predicted octanol–water partition coefficient (Wildman–Crippen LogP) is 3.74. The summed E-state index contributed by atoms with van der Waals surface area (Å²) >= 11 is 1.53. The Balaban J connectivity index is 1.45. The van der Waals surface area contributed by atoms with Crippen LogP contribution in [0.25, 0.3) is 15.5 Å². The van der Waals surface area contributed by atoms with Crippen molar-refractivity contribution in [1.29, 1.82) is 0 Å². The average Bonchev–Trinajstić information content (AvgIpc) is 3.29. The minimum atomic E-state index is -0.0724. The molecule has 0 unspecified atom stereocenters. The van der Waals surface area contributed by atoms with Crippen LogP contribution in [0.5, 0.6) is 0 Å². The molecule has 0 aliphatic rings. The molecule has 7 heteroatoms. The minimum Gasteiger partial charge on any atom is -0.348 e. The third kappa shape index (κ3) is 3.73. The second-order valence-electron chi connectivity index (χ2n) is 6.21. The molecule has 4 rings (SSSR count). The molecule has 27 heavy (non-hydrogen) atoms. The monoisotopic (exact) mass is 377 g/mol. The molecule has 2 heterocycles. The van der Waals surface area contributed by atoms with Gasteiger partial charge in [-0.1, -0.05) is 60.7 Å². The van der Waals surface area contributed by atoms with Crippen molar-refractivity contribution >= 4 is 22.2 Å². The summed E-state index contributed by atoms with van der Waals surface area (Å²) in [6.07, 6.45) is 1.88. The summed E-state index contributed by atoms with van der Waals surface area (Å²) in [7, 11) is 0. The Morgan fingerprint density at radius 2 is 1.85 bits per heavy atom. The number of hydrogen-bond donors (Lipinski definition) is 1. The van der Waals surface area contributed by atoms with E-state index in [1.807, 2.05) is 47.0 Å². The van der Waals surface area contributed by atoms with Gasteiger partial charge in [-0.25, -0.2) is 0 Å². The van der Waals surface area contributed by atoms with Crippen molar-refractivity contribution in [3.63, 3.8) is 0 Å². The van der Waals surface area contributed by atoms with Crippen molar-refractivity contribution in [1.82, 2.24) is 25.1 Å². The highest BCUT2D eigenvalue weighted by molar-refractivity contribution is 7.19. The first-order chi connectivity index (χ1) is 13.2. The maximum atomic E-state index is 12.1. The minimum absolute atomic E-state index is 0.0724. The van der Waals surface area contributed by atoms with E-state index in [0.717, 1.165) is 39.8 Å². The maximum Gasteiger partial charge on any atom is 0.251 e. The zero-order valence-corrected chi connectivity index (χ0v) is 15.7. The highest BCUT2D eigenvalue weighted by Gasteiger charge is 2.12. The van der Waals surface area contributed by atoms with Gasteiger partial charge >= 0.3 is 0 Å². The van der Waals surface area contributed by atoms with E-state index in [9.17, 15) is 4.79 Å². The van der Waals surface area contributed by atoms with E-state index in [-0.39, 0.29) is 5.91 Å². The fourth-order valence-corrected chi connectivity index (χ4v) is 3.66. The van der Waals surface area contributed by atoms with Crippen molar-refractivity contribution in [3.05, 3.63) is 71.5 Å². The van der Waals surface area contributed by atoms with Crippen LogP contribution in [0.4, 0.5) is 0 Å². The molecule has 0 saturated heterocycles. The average molecular weight is 377 g/mol. The fourth-order valence-electron chi connectivity index (χ4n) is 2.79. The van der Waals surface area contributed by atoms with Crippen LogP contribution < -0.4 is 5.32 Å². The van der Waals surface area contributed by atoms with Crippen molar-refractivity contribution < 1.29 is 4.79 Å². The number of aromatic nitrogens is 4. The molecule has 2 aromatic heterocycles. The third-order valence-electron chi connectivity index (χ3n) is 4.22. The Labute approximate surface area is 160 Å². The molecule has 4 aromatic rings. The number of carbonyl (C=O) groups excluding carboxylic acids is 1. The molecule has 0 radical (unpaired) electrons. The van der Waals surface area contributed by atoms with Gasteiger partial charge in [-0.3, -0.25) is 4.79 Å². The molecule has 0 atom stereocenters. The zero-order valence-electron chi connectivity index (χ0n) is 14.9. The van der Waals surface area contributed by atoms with Gasteiger partial charge in [0.15, 0.2) is 5.82 Å². The first kappa shape index (κ1) is 17.4. The molecule has 0 aliphatic carbocycles. The first-order valence-corrected chi connectivity index (χ1v) is 9.70. The maximum absolute atomic E-state index is 12.1. The normalized spacial score (nSPS) is 11.0. The summed E-state index contributed by atoms with van der Waals surface area (Å²) in [4.78, 5) is 12.9. The molecule has 0 fully saturated rings. The number of amides is 1. The molecular weight excluding hydrogens is 358 g/mol. The lowest BCUT2D eigenvalue weighted by molar-refractivity contribution is 0.0951. The van der Waals surface area contributed by atoms with Crippen LogP contribution in [0, 0.1) is 0 Å². The molecule has 2 aromatic carbocycles. The smallest absolute Gasteiger partial charge is 0.251 e. The van der Waals surface area contributed by atoms with Crippen LogP contribution in [0.2, 0.25) is 0 Å². The van der Waals surface area contributed by atoms with Gasteiger partial charge in [0.05, 0.1) is 0 Å². The van der Waals surface area contributed by atoms with E-state index in [1.54, 1.807) is 12.1 Å². The van der Waals surface area contributed by atoms with Crippen molar-refractivity contribution in [2.45, 2.75) is 26.3 Å². The molecular formula is C20H19N5OS. The van der Waals surface area contributed by atoms with Crippen LogP contribution in [-0.4, -0.2) is 25.7 Å². The van der Waals surface area contributed by atoms with Crippen LogP contribution in [-0.2, 0) is 13.0 Å². The van der Waals surface area contributed by atoms with Gasteiger partial charge < -0.3 is 5.32 Å². The Kier molecular flexibility index (Phi) is 4.93. The molecule has 136 valence electrons. The number of nitrogens with one attached hydrogen (secondary N) is 1. The predicted molar refractivity (Wildman–Crippen MR) is 106 cm³/mol. The molecule has 0 aliphatic heterocycles. The van der Waals surface area contributed by atoms with Gasteiger partial charge in [0, 0.05) is 24.1 Å². The molecule has 1 N–H and O–H groups in total.